The fourth-order valence-electron chi connectivity index (χ4n) is 2.68. The number of rotatable bonds is 1. The van der Waals surface area contributed by atoms with Gasteiger partial charge < -0.3 is 14.2 Å². The van der Waals surface area contributed by atoms with Gasteiger partial charge >= 0.3 is 0 Å². The van der Waals surface area contributed by atoms with Crippen molar-refractivity contribution >= 4 is 0 Å². The maximum atomic E-state index is 5.08. The van der Waals surface area contributed by atoms with Gasteiger partial charge in [0.2, 0.25) is 6.79 Å². The van der Waals surface area contributed by atoms with Gasteiger partial charge in [0.1, 0.15) is 0 Å². The lowest BCUT2D eigenvalue weighted by atomic mass is 10.0. The van der Waals surface area contributed by atoms with Crippen molar-refractivity contribution in [3.63, 3.8) is 0 Å². The van der Waals surface area contributed by atoms with Gasteiger partial charge in [-0.15, -0.1) is 0 Å². The smallest absolute Gasteiger partial charge is 0.231 e. The summed E-state index contributed by atoms with van der Waals surface area (Å²) < 4.78 is 15.2. The number of hydrogen-bond acceptors (Lipinski definition) is 4. The van der Waals surface area contributed by atoms with E-state index in [-0.39, 0.29) is 14.9 Å². The lowest BCUT2D eigenvalue weighted by molar-refractivity contribution is 0.0968. The Morgan fingerprint density at radius 2 is 0.750 bits per heavy atom. The molecule has 2 aliphatic heterocycles. The van der Waals surface area contributed by atoms with Gasteiger partial charge in [-0.2, -0.15) is 0 Å². The Balaban J connectivity index is -0.0000000712. The van der Waals surface area contributed by atoms with Crippen molar-refractivity contribution in [3.8, 4) is 11.5 Å². The van der Waals surface area contributed by atoms with Crippen LogP contribution in [0, 0.1) is 17.8 Å². The summed E-state index contributed by atoms with van der Waals surface area (Å²) in [5.74, 6) is 4.85. The van der Waals surface area contributed by atoms with Gasteiger partial charge in [-0.3, -0.25) is 4.98 Å². The first-order chi connectivity index (χ1) is 24.0. The van der Waals surface area contributed by atoms with E-state index in [2.05, 4.69) is 105 Å². The van der Waals surface area contributed by atoms with Crippen LogP contribution in [0.2, 0.25) is 0 Å². The number of benzene rings is 2. The number of para-hydroxylation sites is 2. The van der Waals surface area contributed by atoms with Crippen LogP contribution in [0.5, 0.6) is 11.5 Å². The Morgan fingerprint density at radius 1 is 0.442 bits per heavy atom. The predicted molar refractivity (Wildman–Crippen MR) is 242 cm³/mol. The summed E-state index contributed by atoms with van der Waals surface area (Å²) in [6.45, 7) is 42.3. The summed E-state index contributed by atoms with van der Waals surface area (Å²) in [6.07, 6.45) is 7.43. The predicted octanol–water partition coefficient (Wildman–Crippen LogP) is 16.9. The molecule has 0 radical (unpaired) electrons. The van der Waals surface area contributed by atoms with Crippen LogP contribution >= 0.6 is 0 Å². The summed E-state index contributed by atoms with van der Waals surface area (Å²) in [5.41, 5.74) is 1.41. The van der Waals surface area contributed by atoms with Crippen LogP contribution in [-0.2, 0) is 4.74 Å². The third-order valence-electron chi connectivity index (χ3n) is 4.39. The van der Waals surface area contributed by atoms with Crippen molar-refractivity contribution in [1.82, 2.24) is 4.98 Å². The molecule has 0 atom stereocenters. The Kier molecular flexibility index (Phi) is 78.0. The normalized spacial score (nSPS) is 10.4. The highest BCUT2D eigenvalue weighted by Crippen LogP contribution is 2.30. The van der Waals surface area contributed by atoms with Crippen LogP contribution in [0.15, 0.2) is 85.2 Å². The minimum atomic E-state index is 0. The molecule has 3 aromatic rings. The standard InChI is InChI=1S/C9H12.C7H6O2.C5H5N.C5H10O.3C4H10.4C2H6.2CH4/c1-8(2)9-6-4-3-5-7-9;1-2-4-7-6(3-1)8-5-9-7;2*1-2-4-6-5-3-1;3*1-4(2)3;4*1-2;;/h3-8H,1-2H3;1-4H,5H2;1-5H;1-5H2;3*4H,1-3H3;4*1-2H3;2*1H4. The Hall–Kier alpha value is -2.85. The summed E-state index contributed by atoms with van der Waals surface area (Å²) in [7, 11) is 0. The first-order valence-electron chi connectivity index (χ1n) is 19.8. The van der Waals surface area contributed by atoms with E-state index in [0.717, 1.165) is 42.5 Å². The number of pyridine rings is 1. The van der Waals surface area contributed by atoms with Crippen molar-refractivity contribution in [2.45, 2.75) is 172 Å². The molecule has 1 fully saturated rings. The maximum Gasteiger partial charge on any atom is 0.231 e. The molecule has 310 valence electrons. The minimum absolute atomic E-state index is 0. The molecule has 0 spiro atoms. The molecule has 52 heavy (non-hydrogen) atoms. The molecule has 0 N–H and O–H groups in total. The second-order valence-electron chi connectivity index (χ2n) is 12.3. The zero-order valence-corrected chi connectivity index (χ0v) is 36.8. The van der Waals surface area contributed by atoms with Crippen LogP contribution in [0.4, 0.5) is 0 Å². The first kappa shape index (κ1) is 67.3. The molecule has 2 aliphatic rings. The van der Waals surface area contributed by atoms with E-state index < -0.39 is 0 Å². The molecule has 0 aliphatic carbocycles. The molecule has 0 bridgehead atoms. The van der Waals surface area contributed by atoms with Crippen molar-refractivity contribution < 1.29 is 14.2 Å². The van der Waals surface area contributed by atoms with Gasteiger partial charge in [-0.1, -0.05) is 195 Å². The van der Waals surface area contributed by atoms with E-state index in [1.165, 1.54) is 24.8 Å². The van der Waals surface area contributed by atoms with Crippen LogP contribution in [-0.4, -0.2) is 25.0 Å². The molecular weight excluding hydrogens is 639 g/mol. The number of nitrogens with zero attached hydrogens (tertiary/aromatic N) is 1. The summed E-state index contributed by atoms with van der Waals surface area (Å²) in [6, 6.07) is 23.9. The lowest BCUT2D eigenvalue weighted by Crippen LogP contribution is -2.03. The van der Waals surface area contributed by atoms with E-state index in [1.807, 2.05) is 104 Å². The SMILES string of the molecule is C.C.C1CCOCC1.CC.CC.CC.CC.CC(C)C.CC(C)C.CC(C)C.CC(C)c1ccccc1.c1ccc2c(c1)OCO2.c1ccncc1. The number of hydrogen-bond donors (Lipinski definition) is 0. The van der Waals surface area contributed by atoms with Gasteiger partial charge in [0, 0.05) is 25.6 Å². The van der Waals surface area contributed by atoms with Crippen molar-refractivity contribution in [2.75, 3.05) is 20.0 Å². The second-order valence-corrected chi connectivity index (χ2v) is 12.3. The monoisotopic (exact) mass is 734 g/mol. The molecule has 4 heteroatoms. The average molecular weight is 734 g/mol. The zero-order valence-electron chi connectivity index (χ0n) is 36.8. The van der Waals surface area contributed by atoms with E-state index in [0.29, 0.717) is 12.7 Å². The quantitative estimate of drug-likeness (QED) is 0.250. The second kappa shape index (κ2) is 60.3. The summed E-state index contributed by atoms with van der Waals surface area (Å²) in [4.78, 5) is 3.78. The Morgan fingerprint density at radius 3 is 0.942 bits per heavy atom. The summed E-state index contributed by atoms with van der Waals surface area (Å²) >= 11 is 0. The van der Waals surface area contributed by atoms with E-state index >= 15 is 0 Å². The largest absolute Gasteiger partial charge is 0.454 e. The van der Waals surface area contributed by atoms with E-state index in [1.54, 1.807) is 12.4 Å². The fourth-order valence-corrected chi connectivity index (χ4v) is 2.68. The first-order valence-corrected chi connectivity index (χ1v) is 19.8. The van der Waals surface area contributed by atoms with Crippen LogP contribution in [0.3, 0.4) is 0 Å². The Bertz CT molecular complexity index is 825. The molecule has 4 nitrogen and oxygen atoms in total. The molecule has 5 rings (SSSR count). The van der Waals surface area contributed by atoms with Gasteiger partial charge in [0.05, 0.1) is 0 Å². The molecular formula is C48H95NO3. The average Bonchev–Trinajstić information content (AvgIpc) is 3.63. The molecule has 0 unspecified atom stereocenters. The number of fused-ring (bicyclic) bond motifs is 1. The van der Waals surface area contributed by atoms with E-state index in [4.69, 9.17) is 14.2 Å². The third-order valence-corrected chi connectivity index (χ3v) is 4.39. The highest BCUT2D eigenvalue weighted by atomic mass is 16.7. The molecule has 0 saturated carbocycles. The van der Waals surface area contributed by atoms with Crippen molar-refractivity contribution in [1.29, 1.82) is 0 Å². The third kappa shape index (κ3) is 69.0. The molecule has 1 saturated heterocycles. The Labute approximate surface area is 329 Å². The zero-order chi connectivity index (χ0) is 40.0. The topological polar surface area (TPSA) is 40.6 Å². The molecule has 0 amide bonds. The molecule has 2 aromatic carbocycles. The van der Waals surface area contributed by atoms with E-state index in [9.17, 15) is 0 Å². The van der Waals surface area contributed by atoms with Gasteiger partial charge in [0.25, 0.3) is 0 Å². The summed E-state index contributed by atoms with van der Waals surface area (Å²) in [5, 5.41) is 0. The highest BCUT2D eigenvalue weighted by Gasteiger charge is 2.09. The minimum Gasteiger partial charge on any atom is -0.454 e. The van der Waals surface area contributed by atoms with Crippen LogP contribution in [0.25, 0.3) is 0 Å². The van der Waals surface area contributed by atoms with Crippen molar-refractivity contribution in [3.05, 3.63) is 90.8 Å². The van der Waals surface area contributed by atoms with Crippen LogP contribution in [0.1, 0.15) is 177 Å². The number of aromatic nitrogens is 1. The van der Waals surface area contributed by atoms with Gasteiger partial charge in [-0.25, -0.2) is 0 Å². The maximum absolute atomic E-state index is 5.08. The van der Waals surface area contributed by atoms with Crippen molar-refractivity contribution in [2.24, 2.45) is 17.8 Å². The highest BCUT2D eigenvalue weighted by molar-refractivity contribution is 5.40. The fraction of sp³-hybridized carbons (Fsp3) is 0.646. The molecule has 1 aromatic heterocycles. The lowest BCUT2D eigenvalue weighted by Gasteiger charge is -2.08. The number of ether oxygens (including phenoxy) is 3. The van der Waals surface area contributed by atoms with Gasteiger partial charge in [0.15, 0.2) is 11.5 Å². The molecule has 3 heterocycles. The van der Waals surface area contributed by atoms with Gasteiger partial charge in [-0.05, 0) is 72.8 Å². The van der Waals surface area contributed by atoms with Crippen LogP contribution < -0.4 is 9.47 Å².